The number of aromatic nitrogens is 2. The van der Waals surface area contributed by atoms with Gasteiger partial charge in [-0.1, -0.05) is 20.3 Å². The third-order valence-corrected chi connectivity index (χ3v) is 6.15. The molecule has 0 radical (unpaired) electrons. The molecule has 178 valence electrons. The average Bonchev–Trinajstić information content (AvgIpc) is 3.47. The molecule has 2 rings (SSSR count). The van der Waals surface area contributed by atoms with Crippen molar-refractivity contribution in [1.29, 1.82) is 0 Å². The Morgan fingerprint density at radius 1 is 1.31 bits per heavy atom. The molecule has 5 unspecified atom stereocenters. The number of nitrogens with two attached hydrogens (primary N) is 1. The Morgan fingerprint density at radius 3 is 2.56 bits per heavy atom. The Kier molecular flexibility index (Phi) is 9.51. The summed E-state index contributed by atoms with van der Waals surface area (Å²) in [5.74, 6) is -2.77. The van der Waals surface area contributed by atoms with Gasteiger partial charge in [0.15, 0.2) is 0 Å². The normalized spacial score (nSPS) is 19.6. The maximum atomic E-state index is 13.0. The number of imidazole rings is 1. The van der Waals surface area contributed by atoms with Gasteiger partial charge in [-0.05, 0) is 18.8 Å². The van der Waals surface area contributed by atoms with Gasteiger partial charge in [0, 0.05) is 30.6 Å². The van der Waals surface area contributed by atoms with E-state index in [0.29, 0.717) is 31.5 Å². The third kappa shape index (κ3) is 6.45. The van der Waals surface area contributed by atoms with Crippen LogP contribution in [0, 0.1) is 5.92 Å². The lowest BCUT2D eigenvalue weighted by Gasteiger charge is -2.28. The summed E-state index contributed by atoms with van der Waals surface area (Å²) in [6, 6.07) is -3.76. The molecule has 1 fully saturated rings. The fourth-order valence-electron chi connectivity index (χ4n) is 3.55. The predicted molar refractivity (Wildman–Crippen MR) is 120 cm³/mol. The highest BCUT2D eigenvalue weighted by Gasteiger charge is 2.38. The molecule has 1 aliphatic rings. The Labute approximate surface area is 192 Å². The van der Waals surface area contributed by atoms with Crippen LogP contribution in [0.1, 0.15) is 38.8 Å². The van der Waals surface area contributed by atoms with E-state index in [9.17, 15) is 24.3 Å². The maximum Gasteiger partial charge on any atom is 0.326 e. The molecule has 0 aromatic carbocycles. The number of rotatable bonds is 11. The second-order valence-electron chi connectivity index (χ2n) is 8.03. The zero-order chi connectivity index (χ0) is 23.8. The summed E-state index contributed by atoms with van der Waals surface area (Å²) in [5.41, 5.74) is 6.62. The zero-order valence-corrected chi connectivity index (χ0v) is 19.2. The van der Waals surface area contributed by atoms with E-state index in [1.54, 1.807) is 0 Å². The van der Waals surface area contributed by atoms with Crippen molar-refractivity contribution < 1.29 is 24.3 Å². The number of carbonyl (C=O) groups is 4. The third-order valence-electron chi connectivity index (χ3n) is 5.79. The molecule has 32 heavy (non-hydrogen) atoms. The summed E-state index contributed by atoms with van der Waals surface area (Å²) >= 11 is 4.17. The highest BCUT2D eigenvalue weighted by molar-refractivity contribution is 7.80. The second-order valence-corrected chi connectivity index (χ2v) is 8.39. The smallest absolute Gasteiger partial charge is 0.326 e. The molecule has 1 saturated heterocycles. The highest BCUT2D eigenvalue weighted by atomic mass is 32.1. The molecule has 12 heteroatoms. The van der Waals surface area contributed by atoms with Crippen LogP contribution in [-0.2, 0) is 25.6 Å². The van der Waals surface area contributed by atoms with Crippen LogP contribution in [0.3, 0.4) is 0 Å². The monoisotopic (exact) mass is 468 g/mol. The van der Waals surface area contributed by atoms with Crippen molar-refractivity contribution >= 4 is 36.3 Å². The van der Waals surface area contributed by atoms with Crippen molar-refractivity contribution in [3.63, 3.8) is 0 Å². The van der Waals surface area contributed by atoms with E-state index in [-0.39, 0.29) is 18.1 Å². The summed E-state index contributed by atoms with van der Waals surface area (Å²) in [5, 5.41) is 14.6. The lowest BCUT2D eigenvalue weighted by atomic mass is 9.98. The van der Waals surface area contributed by atoms with Crippen molar-refractivity contribution in [2.24, 2.45) is 11.7 Å². The molecular formula is C20H32N6O5S. The number of hydrogen-bond donors (Lipinski definition) is 6. The van der Waals surface area contributed by atoms with E-state index < -0.39 is 47.9 Å². The maximum absolute atomic E-state index is 13.0. The van der Waals surface area contributed by atoms with E-state index in [2.05, 4.69) is 33.2 Å². The summed E-state index contributed by atoms with van der Waals surface area (Å²) < 4.78 is 0. The van der Waals surface area contributed by atoms with Gasteiger partial charge in [-0.3, -0.25) is 14.4 Å². The lowest BCUT2D eigenvalue weighted by molar-refractivity contribution is -0.149. The highest BCUT2D eigenvalue weighted by Crippen LogP contribution is 2.19. The number of carbonyl (C=O) groups excluding carboxylic acids is 3. The van der Waals surface area contributed by atoms with Crippen LogP contribution in [0.4, 0.5) is 0 Å². The van der Waals surface area contributed by atoms with Crippen LogP contribution in [0.2, 0.25) is 0 Å². The molecule has 0 saturated carbocycles. The van der Waals surface area contributed by atoms with Gasteiger partial charge in [-0.15, -0.1) is 0 Å². The molecule has 1 aromatic rings. The fraction of sp³-hybridized carbons (Fsp3) is 0.650. The largest absolute Gasteiger partial charge is 0.480 e. The second kappa shape index (κ2) is 11.9. The van der Waals surface area contributed by atoms with Crippen LogP contribution in [0.5, 0.6) is 0 Å². The molecule has 5 atom stereocenters. The van der Waals surface area contributed by atoms with Gasteiger partial charge in [-0.25, -0.2) is 9.78 Å². The molecule has 1 aromatic heterocycles. The van der Waals surface area contributed by atoms with Gasteiger partial charge >= 0.3 is 5.97 Å². The van der Waals surface area contributed by atoms with Crippen molar-refractivity contribution in [3.8, 4) is 0 Å². The van der Waals surface area contributed by atoms with Crippen molar-refractivity contribution in [3.05, 3.63) is 18.2 Å². The molecule has 0 aliphatic carbocycles. The first-order valence-electron chi connectivity index (χ1n) is 10.7. The lowest BCUT2D eigenvalue weighted by Crippen LogP contribution is -2.58. The number of nitrogens with one attached hydrogen (secondary N) is 3. The summed E-state index contributed by atoms with van der Waals surface area (Å²) in [6.45, 7) is 4.06. The number of likely N-dealkylation sites (tertiary alicyclic amines) is 1. The van der Waals surface area contributed by atoms with E-state index in [4.69, 9.17) is 5.73 Å². The van der Waals surface area contributed by atoms with Gasteiger partial charge in [0.05, 0.1) is 12.4 Å². The zero-order valence-electron chi connectivity index (χ0n) is 18.3. The van der Waals surface area contributed by atoms with Crippen LogP contribution >= 0.6 is 12.6 Å². The molecule has 0 bridgehead atoms. The number of carboxylic acids is 1. The minimum Gasteiger partial charge on any atom is -0.480 e. The van der Waals surface area contributed by atoms with Crippen molar-refractivity contribution in [1.82, 2.24) is 25.5 Å². The first-order valence-corrected chi connectivity index (χ1v) is 11.3. The molecule has 11 nitrogen and oxygen atoms in total. The number of H-pyrrole nitrogens is 1. The van der Waals surface area contributed by atoms with Crippen molar-refractivity contribution in [2.75, 3.05) is 12.3 Å². The molecule has 0 spiro atoms. The summed E-state index contributed by atoms with van der Waals surface area (Å²) in [6.07, 6.45) is 4.73. The van der Waals surface area contributed by atoms with Gasteiger partial charge < -0.3 is 31.4 Å². The number of thiol groups is 1. The predicted octanol–water partition coefficient (Wildman–Crippen LogP) is -0.699. The van der Waals surface area contributed by atoms with Gasteiger partial charge in [0.25, 0.3) is 0 Å². The topological polar surface area (TPSA) is 171 Å². The standard InChI is InChI=1S/C20H32N6O5S/c1-3-11(2)16(21)18(28)24-13(7-12-8-22-10-23-12)17(27)25-14(9-32)19(29)26-6-4-5-15(26)20(30)31/h8,10-11,13-16,32H,3-7,9,21H2,1-2H3,(H,22,23)(H,24,28)(H,25,27)(H,30,31). The number of hydrogen-bond acceptors (Lipinski definition) is 7. The Morgan fingerprint density at radius 2 is 2.00 bits per heavy atom. The summed E-state index contributed by atoms with van der Waals surface area (Å²) in [4.78, 5) is 58.0. The van der Waals surface area contributed by atoms with E-state index in [0.717, 1.165) is 0 Å². The van der Waals surface area contributed by atoms with Crippen LogP contribution in [0.25, 0.3) is 0 Å². The van der Waals surface area contributed by atoms with Crippen LogP contribution in [-0.4, -0.2) is 80.1 Å². The Hall–Kier alpha value is -2.60. The molecule has 6 N–H and O–H groups in total. The first kappa shape index (κ1) is 25.7. The van der Waals surface area contributed by atoms with Gasteiger partial charge in [0.2, 0.25) is 17.7 Å². The van der Waals surface area contributed by atoms with Crippen LogP contribution in [0.15, 0.2) is 12.5 Å². The van der Waals surface area contributed by atoms with Gasteiger partial charge in [-0.2, -0.15) is 12.6 Å². The number of aromatic amines is 1. The molecule has 2 heterocycles. The summed E-state index contributed by atoms with van der Waals surface area (Å²) in [7, 11) is 0. The quantitative estimate of drug-likeness (QED) is 0.233. The van der Waals surface area contributed by atoms with E-state index in [1.165, 1.54) is 17.4 Å². The van der Waals surface area contributed by atoms with E-state index in [1.807, 2.05) is 13.8 Å². The molecule has 3 amide bonds. The molecular weight excluding hydrogens is 436 g/mol. The molecule has 1 aliphatic heterocycles. The fourth-order valence-corrected chi connectivity index (χ4v) is 3.80. The number of nitrogens with zero attached hydrogens (tertiary/aromatic N) is 2. The number of carboxylic acid groups (broad SMARTS) is 1. The average molecular weight is 469 g/mol. The van der Waals surface area contributed by atoms with Gasteiger partial charge in [0.1, 0.15) is 18.1 Å². The van der Waals surface area contributed by atoms with Crippen LogP contribution < -0.4 is 16.4 Å². The number of aliphatic carboxylic acids is 1. The van der Waals surface area contributed by atoms with E-state index >= 15 is 0 Å². The Balaban J connectivity index is 2.13. The Bertz CT molecular complexity index is 804. The minimum atomic E-state index is -1.08. The minimum absolute atomic E-state index is 0.0233. The SMILES string of the molecule is CCC(C)C(N)C(=O)NC(Cc1cnc[nH]1)C(=O)NC(CS)C(=O)N1CCCC1C(=O)O. The number of amides is 3. The first-order chi connectivity index (χ1) is 15.2. The van der Waals surface area contributed by atoms with Crippen molar-refractivity contribution in [2.45, 2.75) is 63.7 Å².